The first-order chi connectivity index (χ1) is 14.5. The third kappa shape index (κ3) is 6.00. The minimum atomic E-state index is -0.401. The van der Waals surface area contributed by atoms with E-state index in [2.05, 4.69) is 22.7 Å². The standard InChI is InChI=1S/C23H23N3O4/c1-16(25-26-23(28)15-30-21-11-9-20(29-2)10-12-21)13-22(27)24-19-8-7-17-5-3-4-6-18(17)14-19/h3-12,14,25H,1,13,15H2,2H3,(H,24,27)(H,26,28). The Balaban J connectivity index is 1.39. The van der Waals surface area contributed by atoms with Crippen molar-refractivity contribution in [2.24, 2.45) is 0 Å². The molecule has 0 atom stereocenters. The first-order valence-electron chi connectivity index (χ1n) is 9.31. The van der Waals surface area contributed by atoms with E-state index in [4.69, 9.17) is 9.47 Å². The molecular formula is C23H23N3O4. The van der Waals surface area contributed by atoms with E-state index in [1.165, 1.54) is 0 Å². The molecule has 0 fully saturated rings. The first kappa shape index (κ1) is 20.7. The second kappa shape index (κ2) is 9.97. The lowest BCUT2D eigenvalue weighted by Gasteiger charge is -2.12. The van der Waals surface area contributed by atoms with Gasteiger partial charge < -0.3 is 20.2 Å². The Labute approximate surface area is 174 Å². The van der Waals surface area contributed by atoms with E-state index < -0.39 is 5.91 Å². The summed E-state index contributed by atoms with van der Waals surface area (Å²) in [7, 11) is 1.57. The van der Waals surface area contributed by atoms with Crippen molar-refractivity contribution in [2.45, 2.75) is 6.42 Å². The van der Waals surface area contributed by atoms with E-state index in [9.17, 15) is 9.59 Å². The Bertz CT molecular complexity index is 1050. The van der Waals surface area contributed by atoms with E-state index in [0.29, 0.717) is 22.9 Å². The van der Waals surface area contributed by atoms with Crippen molar-refractivity contribution in [3.63, 3.8) is 0 Å². The molecule has 2 amide bonds. The average molecular weight is 405 g/mol. The monoisotopic (exact) mass is 405 g/mol. The fraction of sp³-hybridized carbons (Fsp3) is 0.130. The summed E-state index contributed by atoms with van der Waals surface area (Å²) in [6.07, 6.45) is 0.00639. The van der Waals surface area contributed by atoms with Gasteiger partial charge in [0.2, 0.25) is 5.91 Å². The van der Waals surface area contributed by atoms with Crippen molar-refractivity contribution < 1.29 is 19.1 Å². The van der Waals surface area contributed by atoms with Crippen LogP contribution in [-0.4, -0.2) is 25.5 Å². The summed E-state index contributed by atoms with van der Waals surface area (Å²) in [5, 5.41) is 4.96. The molecule has 7 heteroatoms. The second-order valence-corrected chi connectivity index (χ2v) is 6.53. The van der Waals surface area contributed by atoms with Gasteiger partial charge in [0.25, 0.3) is 5.91 Å². The molecule has 30 heavy (non-hydrogen) atoms. The predicted molar refractivity (Wildman–Crippen MR) is 116 cm³/mol. The highest BCUT2D eigenvalue weighted by Crippen LogP contribution is 2.19. The fourth-order valence-corrected chi connectivity index (χ4v) is 2.73. The molecule has 0 spiro atoms. The zero-order valence-corrected chi connectivity index (χ0v) is 16.6. The van der Waals surface area contributed by atoms with Crippen LogP contribution in [0.15, 0.2) is 79.0 Å². The third-order valence-electron chi connectivity index (χ3n) is 4.22. The molecule has 0 bridgehead atoms. The Morgan fingerprint density at radius 2 is 1.57 bits per heavy atom. The van der Waals surface area contributed by atoms with Crippen LogP contribution < -0.4 is 25.6 Å². The van der Waals surface area contributed by atoms with E-state index >= 15 is 0 Å². The number of ether oxygens (including phenoxy) is 2. The first-order valence-corrected chi connectivity index (χ1v) is 9.31. The van der Waals surface area contributed by atoms with Gasteiger partial charge in [0.05, 0.1) is 13.5 Å². The van der Waals surface area contributed by atoms with Gasteiger partial charge in [0.15, 0.2) is 6.61 Å². The molecule has 0 radical (unpaired) electrons. The lowest BCUT2D eigenvalue weighted by Crippen LogP contribution is -2.40. The van der Waals surface area contributed by atoms with Gasteiger partial charge in [-0.1, -0.05) is 36.9 Å². The molecule has 3 rings (SSSR count). The summed E-state index contributed by atoms with van der Waals surface area (Å²) in [4.78, 5) is 24.1. The van der Waals surface area contributed by atoms with Crippen LogP contribution in [0, 0.1) is 0 Å². The molecule has 3 N–H and O–H groups in total. The zero-order valence-electron chi connectivity index (χ0n) is 16.6. The van der Waals surface area contributed by atoms with Gasteiger partial charge in [-0.15, -0.1) is 0 Å². The van der Waals surface area contributed by atoms with Crippen LogP contribution in [-0.2, 0) is 9.59 Å². The Hall–Kier alpha value is -4.00. The number of amides is 2. The summed E-state index contributed by atoms with van der Waals surface area (Å²) in [6.45, 7) is 3.57. The number of fused-ring (bicyclic) bond motifs is 1. The van der Waals surface area contributed by atoms with Crippen molar-refractivity contribution in [2.75, 3.05) is 19.0 Å². The maximum absolute atomic E-state index is 12.2. The summed E-state index contributed by atoms with van der Waals surface area (Å²) in [5.41, 5.74) is 6.13. The van der Waals surface area contributed by atoms with Gasteiger partial charge in [-0.05, 0) is 47.2 Å². The second-order valence-electron chi connectivity index (χ2n) is 6.53. The maximum Gasteiger partial charge on any atom is 0.276 e. The summed E-state index contributed by atoms with van der Waals surface area (Å²) >= 11 is 0. The predicted octanol–water partition coefficient (Wildman–Crippen LogP) is 3.39. The molecular weight excluding hydrogens is 382 g/mol. The van der Waals surface area contributed by atoms with Crippen LogP contribution in [0.2, 0.25) is 0 Å². The highest BCUT2D eigenvalue weighted by Gasteiger charge is 2.08. The molecule has 0 saturated heterocycles. The van der Waals surface area contributed by atoms with E-state index in [0.717, 1.165) is 10.8 Å². The summed E-state index contributed by atoms with van der Waals surface area (Å²) in [5.74, 6) is 0.597. The van der Waals surface area contributed by atoms with Crippen molar-refractivity contribution in [3.05, 3.63) is 79.0 Å². The molecule has 0 saturated carbocycles. The highest BCUT2D eigenvalue weighted by molar-refractivity contribution is 5.95. The average Bonchev–Trinajstić information content (AvgIpc) is 2.76. The lowest BCUT2D eigenvalue weighted by molar-refractivity contribution is -0.124. The summed E-state index contributed by atoms with van der Waals surface area (Å²) in [6, 6.07) is 20.5. The molecule has 3 aromatic rings. The number of hydrazine groups is 1. The van der Waals surface area contributed by atoms with Crippen molar-refractivity contribution in [1.82, 2.24) is 10.9 Å². The van der Waals surface area contributed by atoms with Gasteiger partial charge >= 0.3 is 0 Å². The largest absolute Gasteiger partial charge is 0.497 e. The van der Waals surface area contributed by atoms with Crippen LogP contribution in [0.3, 0.4) is 0 Å². The van der Waals surface area contributed by atoms with Crippen molar-refractivity contribution in [3.8, 4) is 11.5 Å². The normalized spacial score (nSPS) is 10.2. The van der Waals surface area contributed by atoms with E-state index in [1.54, 1.807) is 31.4 Å². The number of anilines is 1. The molecule has 0 heterocycles. The van der Waals surface area contributed by atoms with E-state index in [1.807, 2.05) is 42.5 Å². The smallest absolute Gasteiger partial charge is 0.276 e. The quantitative estimate of drug-likeness (QED) is 0.475. The number of benzene rings is 3. The molecule has 0 unspecified atom stereocenters. The lowest BCUT2D eigenvalue weighted by atomic mass is 10.1. The number of methoxy groups -OCH3 is 1. The Kier molecular flexibility index (Phi) is 6.89. The van der Waals surface area contributed by atoms with Gasteiger partial charge in [-0.3, -0.25) is 15.0 Å². The number of nitrogens with one attached hydrogen (secondary N) is 3. The van der Waals surface area contributed by atoms with Gasteiger partial charge in [-0.2, -0.15) is 0 Å². The summed E-state index contributed by atoms with van der Waals surface area (Å²) < 4.78 is 10.4. The molecule has 7 nitrogen and oxygen atoms in total. The van der Waals surface area contributed by atoms with Crippen LogP contribution >= 0.6 is 0 Å². The number of hydrogen-bond donors (Lipinski definition) is 3. The van der Waals surface area contributed by atoms with Crippen LogP contribution in [0.25, 0.3) is 10.8 Å². The number of carbonyl (C=O) groups excluding carboxylic acids is 2. The van der Waals surface area contributed by atoms with Gasteiger partial charge in [0, 0.05) is 11.4 Å². The molecule has 154 valence electrons. The maximum atomic E-state index is 12.2. The van der Waals surface area contributed by atoms with Crippen LogP contribution in [0.5, 0.6) is 11.5 Å². The minimum Gasteiger partial charge on any atom is -0.497 e. The topological polar surface area (TPSA) is 88.7 Å². The van der Waals surface area contributed by atoms with Crippen molar-refractivity contribution in [1.29, 1.82) is 0 Å². The number of carbonyl (C=O) groups is 2. The SMILES string of the molecule is C=C(CC(=O)Nc1ccc2ccccc2c1)NNC(=O)COc1ccc(OC)cc1. The minimum absolute atomic E-state index is 0.00639. The van der Waals surface area contributed by atoms with Gasteiger partial charge in [0.1, 0.15) is 11.5 Å². The zero-order chi connectivity index (χ0) is 21.3. The molecule has 3 aromatic carbocycles. The third-order valence-corrected chi connectivity index (χ3v) is 4.22. The van der Waals surface area contributed by atoms with E-state index in [-0.39, 0.29) is 18.9 Å². The van der Waals surface area contributed by atoms with Crippen LogP contribution in [0.4, 0.5) is 5.69 Å². The fourth-order valence-electron chi connectivity index (χ4n) is 2.73. The molecule has 0 aliphatic rings. The number of rotatable bonds is 9. The molecule has 0 aliphatic heterocycles. The molecule has 0 aromatic heterocycles. The molecule has 0 aliphatic carbocycles. The van der Waals surface area contributed by atoms with Crippen molar-refractivity contribution >= 4 is 28.3 Å². The number of hydrogen-bond acceptors (Lipinski definition) is 5. The highest BCUT2D eigenvalue weighted by atomic mass is 16.5. The van der Waals surface area contributed by atoms with Gasteiger partial charge in [-0.25, -0.2) is 0 Å². The van der Waals surface area contributed by atoms with Crippen LogP contribution in [0.1, 0.15) is 6.42 Å². The Morgan fingerprint density at radius 1 is 0.867 bits per heavy atom. The Morgan fingerprint density at radius 3 is 2.30 bits per heavy atom.